The molecule has 1 aliphatic rings. The maximum Gasteiger partial charge on any atom is 0.337 e. The summed E-state index contributed by atoms with van der Waals surface area (Å²) in [7, 11) is 2.84. The minimum atomic E-state index is -0.532. The van der Waals surface area contributed by atoms with Crippen LogP contribution in [0.3, 0.4) is 0 Å². The summed E-state index contributed by atoms with van der Waals surface area (Å²) in [6.07, 6.45) is 1.62. The number of aromatic nitrogens is 1. The van der Waals surface area contributed by atoms with Crippen molar-refractivity contribution in [1.82, 2.24) is 9.47 Å². The fraction of sp³-hybridized carbons (Fsp3) is 0.125. The predicted octanol–water partition coefficient (Wildman–Crippen LogP) is 5.72. The number of anilines is 1. The van der Waals surface area contributed by atoms with Crippen molar-refractivity contribution in [2.24, 2.45) is 0 Å². The van der Waals surface area contributed by atoms with Crippen LogP contribution in [-0.4, -0.2) is 46.5 Å². The van der Waals surface area contributed by atoms with E-state index in [1.807, 2.05) is 38.1 Å². The van der Waals surface area contributed by atoms with Crippen LogP contribution in [0.4, 0.5) is 5.69 Å². The van der Waals surface area contributed by atoms with E-state index < -0.39 is 17.8 Å². The number of esters is 1. The molecule has 5 rings (SSSR count). The van der Waals surface area contributed by atoms with Gasteiger partial charge in [-0.2, -0.15) is 0 Å². The van der Waals surface area contributed by atoms with Crippen LogP contribution in [0, 0.1) is 13.8 Å². The van der Waals surface area contributed by atoms with Crippen molar-refractivity contribution in [2.45, 2.75) is 13.8 Å². The maximum atomic E-state index is 13.6. The van der Waals surface area contributed by atoms with Gasteiger partial charge in [0.05, 0.1) is 18.4 Å². The highest BCUT2D eigenvalue weighted by Crippen LogP contribution is 2.29. The quantitative estimate of drug-likeness (QED) is 0.138. The van der Waals surface area contributed by atoms with E-state index in [-0.39, 0.29) is 10.7 Å². The van der Waals surface area contributed by atoms with E-state index in [1.54, 1.807) is 37.4 Å². The van der Waals surface area contributed by atoms with E-state index in [9.17, 15) is 14.4 Å². The number of carbonyl (C=O) groups is 3. The van der Waals surface area contributed by atoms with Gasteiger partial charge in [-0.3, -0.25) is 19.4 Å². The van der Waals surface area contributed by atoms with Crippen molar-refractivity contribution in [3.63, 3.8) is 0 Å². The number of aryl methyl sites for hydroxylation is 1. The average molecular weight is 550 g/mol. The van der Waals surface area contributed by atoms with Crippen molar-refractivity contribution in [1.29, 1.82) is 0 Å². The highest BCUT2D eigenvalue weighted by atomic mass is 32.1. The minimum absolute atomic E-state index is 0.00665. The number of methoxy groups -OCH3 is 1. The number of likely N-dealkylation sites (N-methyl/N-ethyl adjacent to an activating group) is 1. The molecule has 0 bridgehead atoms. The normalized spacial score (nSPS) is 14.7. The van der Waals surface area contributed by atoms with E-state index in [0.717, 1.165) is 33.8 Å². The van der Waals surface area contributed by atoms with Gasteiger partial charge in [0.1, 0.15) is 5.57 Å². The first-order valence-corrected chi connectivity index (χ1v) is 13.0. The van der Waals surface area contributed by atoms with E-state index in [1.165, 1.54) is 16.9 Å². The Balaban J connectivity index is 1.49. The van der Waals surface area contributed by atoms with Crippen molar-refractivity contribution in [3.05, 3.63) is 113 Å². The third-order valence-corrected chi connectivity index (χ3v) is 7.45. The van der Waals surface area contributed by atoms with Crippen LogP contribution in [0.5, 0.6) is 0 Å². The summed E-state index contributed by atoms with van der Waals surface area (Å²) < 4.78 is 6.84. The van der Waals surface area contributed by atoms with Crippen LogP contribution in [0.2, 0.25) is 0 Å². The Bertz CT molecular complexity index is 1670. The predicted molar refractivity (Wildman–Crippen MR) is 159 cm³/mol. The lowest BCUT2D eigenvalue weighted by molar-refractivity contribution is -0.127. The zero-order valence-electron chi connectivity index (χ0n) is 22.5. The van der Waals surface area contributed by atoms with Crippen molar-refractivity contribution in [3.8, 4) is 16.8 Å². The molecule has 8 heteroatoms. The number of carbonyl (C=O) groups excluding carboxylic acids is 3. The van der Waals surface area contributed by atoms with E-state index in [2.05, 4.69) is 41.0 Å². The van der Waals surface area contributed by atoms with Crippen LogP contribution in [0.25, 0.3) is 22.9 Å². The summed E-state index contributed by atoms with van der Waals surface area (Å²) in [6.45, 7) is 3.95. The maximum absolute atomic E-state index is 13.6. The Labute approximate surface area is 237 Å². The van der Waals surface area contributed by atoms with Crippen molar-refractivity contribution < 1.29 is 19.1 Å². The van der Waals surface area contributed by atoms with Crippen LogP contribution in [0.1, 0.15) is 27.3 Å². The number of hydrogen-bond donors (Lipinski definition) is 0. The van der Waals surface area contributed by atoms with Gasteiger partial charge < -0.3 is 9.30 Å². The summed E-state index contributed by atoms with van der Waals surface area (Å²) in [5, 5.41) is 0.0574. The van der Waals surface area contributed by atoms with Crippen molar-refractivity contribution in [2.75, 3.05) is 19.1 Å². The van der Waals surface area contributed by atoms with Gasteiger partial charge in [0.2, 0.25) is 0 Å². The molecule has 200 valence electrons. The smallest absolute Gasteiger partial charge is 0.337 e. The van der Waals surface area contributed by atoms with Crippen LogP contribution >= 0.6 is 12.2 Å². The molecular weight excluding hydrogens is 522 g/mol. The van der Waals surface area contributed by atoms with Gasteiger partial charge in [0.25, 0.3) is 11.8 Å². The molecule has 3 aromatic carbocycles. The molecule has 0 radical (unpaired) electrons. The second-order valence-electron chi connectivity index (χ2n) is 9.46. The zero-order chi connectivity index (χ0) is 28.6. The Hall–Kier alpha value is -4.82. The number of hydrogen-bond acceptors (Lipinski definition) is 5. The summed E-state index contributed by atoms with van der Waals surface area (Å²) >= 11 is 5.46. The number of benzene rings is 3. The average Bonchev–Trinajstić information content (AvgIpc) is 3.26. The van der Waals surface area contributed by atoms with Crippen LogP contribution < -0.4 is 4.90 Å². The van der Waals surface area contributed by atoms with Gasteiger partial charge in [0.15, 0.2) is 5.11 Å². The molecule has 4 aromatic rings. The highest BCUT2D eigenvalue weighted by Gasteiger charge is 2.38. The fourth-order valence-corrected chi connectivity index (χ4v) is 5.12. The zero-order valence-corrected chi connectivity index (χ0v) is 23.4. The molecule has 2 heterocycles. The van der Waals surface area contributed by atoms with E-state index in [4.69, 9.17) is 17.0 Å². The van der Waals surface area contributed by atoms with Crippen LogP contribution in [0.15, 0.2) is 90.5 Å². The Kier molecular flexibility index (Phi) is 7.19. The standard InChI is InChI=1S/C32H27N3O4S/c1-20-18-25(21(2)34(20)26-14-10-23(11-15-26)22-8-6-5-7-9-22)19-28-29(36)33(3)32(40)35(30(28)37)27-16-12-24(13-17-27)31(38)39-4/h5-19H,1-4H3/b28-19+. The molecule has 40 heavy (non-hydrogen) atoms. The fourth-order valence-electron chi connectivity index (χ4n) is 4.85. The first-order chi connectivity index (χ1) is 19.2. The molecule has 0 N–H and O–H groups in total. The summed E-state index contributed by atoms with van der Waals surface area (Å²) in [5.74, 6) is -1.50. The molecule has 0 spiro atoms. The summed E-state index contributed by atoms with van der Waals surface area (Å²) in [5.41, 5.74) is 6.62. The van der Waals surface area contributed by atoms with Gasteiger partial charge in [-0.15, -0.1) is 0 Å². The second-order valence-corrected chi connectivity index (χ2v) is 9.82. The van der Waals surface area contributed by atoms with Crippen molar-refractivity contribution >= 4 is 46.9 Å². The Morgan fingerprint density at radius 1 is 0.825 bits per heavy atom. The lowest BCUT2D eigenvalue weighted by atomic mass is 10.1. The molecular formula is C32H27N3O4S. The Morgan fingerprint density at radius 2 is 1.43 bits per heavy atom. The van der Waals surface area contributed by atoms with Gasteiger partial charge in [-0.1, -0.05) is 42.5 Å². The molecule has 0 saturated carbocycles. The van der Waals surface area contributed by atoms with E-state index in [0.29, 0.717) is 11.3 Å². The topological polar surface area (TPSA) is 71.8 Å². The molecule has 1 fully saturated rings. The molecule has 0 aliphatic carbocycles. The minimum Gasteiger partial charge on any atom is -0.465 e. The first-order valence-electron chi connectivity index (χ1n) is 12.6. The monoisotopic (exact) mass is 549 g/mol. The highest BCUT2D eigenvalue weighted by molar-refractivity contribution is 7.80. The number of amides is 2. The first kappa shape index (κ1) is 26.8. The summed E-state index contributed by atoms with van der Waals surface area (Å²) in [4.78, 5) is 41.3. The molecule has 1 saturated heterocycles. The number of thiocarbonyl (C=S) groups is 1. The third-order valence-electron chi connectivity index (χ3n) is 7.00. The lowest BCUT2D eigenvalue weighted by Crippen LogP contribution is -2.54. The number of ether oxygens (including phenoxy) is 1. The van der Waals surface area contributed by atoms with Gasteiger partial charge in [0, 0.05) is 24.1 Å². The summed E-state index contributed by atoms with van der Waals surface area (Å²) in [6, 6.07) is 26.7. The van der Waals surface area contributed by atoms with Gasteiger partial charge in [-0.05, 0) is 91.3 Å². The van der Waals surface area contributed by atoms with E-state index >= 15 is 0 Å². The number of rotatable bonds is 5. The Morgan fingerprint density at radius 3 is 2.05 bits per heavy atom. The lowest BCUT2D eigenvalue weighted by Gasteiger charge is -2.34. The van der Waals surface area contributed by atoms with Crippen LogP contribution in [-0.2, 0) is 14.3 Å². The molecule has 7 nitrogen and oxygen atoms in total. The molecule has 1 aliphatic heterocycles. The third kappa shape index (κ3) is 4.74. The van der Waals surface area contributed by atoms with Gasteiger partial charge in [-0.25, -0.2) is 4.79 Å². The molecule has 0 atom stereocenters. The SMILES string of the molecule is COC(=O)c1ccc(N2C(=O)/C(=C/c3cc(C)n(-c4ccc(-c5ccccc5)cc4)c3C)C(=O)N(C)C2=S)cc1. The largest absolute Gasteiger partial charge is 0.465 e. The molecule has 1 aromatic heterocycles. The number of nitrogens with zero attached hydrogens (tertiary/aromatic N) is 3. The van der Waals surface area contributed by atoms with Gasteiger partial charge >= 0.3 is 5.97 Å². The molecule has 2 amide bonds. The molecule has 0 unspecified atom stereocenters. The second kappa shape index (κ2) is 10.7.